The van der Waals surface area contributed by atoms with E-state index < -0.39 is 15.9 Å². The Morgan fingerprint density at radius 2 is 2.10 bits per heavy atom. The molecule has 1 fully saturated rings. The fourth-order valence-corrected chi connectivity index (χ4v) is 3.64. The van der Waals surface area contributed by atoms with Gasteiger partial charge in [0.1, 0.15) is 4.90 Å². The molecule has 0 aliphatic heterocycles. The van der Waals surface area contributed by atoms with Crippen molar-refractivity contribution in [3.63, 3.8) is 0 Å². The summed E-state index contributed by atoms with van der Waals surface area (Å²) in [6.45, 7) is 5.62. The maximum absolute atomic E-state index is 12.4. The van der Waals surface area contributed by atoms with Crippen LogP contribution in [0.2, 0.25) is 0 Å². The van der Waals surface area contributed by atoms with Gasteiger partial charge in [-0.3, -0.25) is 9.89 Å². The maximum Gasteiger partial charge on any atom is 0.273 e. The number of hydrogen-bond acceptors (Lipinski definition) is 4. The minimum absolute atomic E-state index is 0.129. The number of aromatic amines is 1. The highest BCUT2D eigenvalue weighted by Gasteiger charge is 2.38. The summed E-state index contributed by atoms with van der Waals surface area (Å²) in [4.78, 5) is 12.2. The molecule has 1 aliphatic rings. The van der Waals surface area contributed by atoms with E-state index in [2.05, 4.69) is 15.5 Å². The minimum Gasteiger partial charge on any atom is -0.345 e. The smallest absolute Gasteiger partial charge is 0.273 e. The van der Waals surface area contributed by atoms with Crippen LogP contribution in [0.1, 0.15) is 68.6 Å². The largest absolute Gasteiger partial charge is 0.345 e. The predicted octanol–water partition coefficient (Wildman–Crippen LogP) is 1.24. The van der Waals surface area contributed by atoms with E-state index in [1.165, 1.54) is 0 Å². The van der Waals surface area contributed by atoms with Gasteiger partial charge in [0.2, 0.25) is 10.0 Å². The molecule has 0 bridgehead atoms. The van der Waals surface area contributed by atoms with Gasteiger partial charge in [0.05, 0.1) is 5.69 Å². The molecule has 1 heterocycles. The lowest BCUT2D eigenvalue weighted by Gasteiger charge is -2.41. The number of H-pyrrole nitrogens is 1. The quantitative estimate of drug-likeness (QED) is 0.757. The summed E-state index contributed by atoms with van der Waals surface area (Å²) in [6, 6.07) is 0. The number of aromatic nitrogens is 2. The van der Waals surface area contributed by atoms with Crippen molar-refractivity contribution >= 4 is 15.9 Å². The predicted molar refractivity (Wildman–Crippen MR) is 78.4 cm³/mol. The Kier molecular flexibility index (Phi) is 4.12. The van der Waals surface area contributed by atoms with Crippen LogP contribution < -0.4 is 10.5 Å². The summed E-state index contributed by atoms with van der Waals surface area (Å²) >= 11 is 0. The second-order valence-corrected chi connectivity index (χ2v) is 7.45. The molecule has 1 aliphatic carbocycles. The van der Waals surface area contributed by atoms with Gasteiger partial charge >= 0.3 is 0 Å². The SMILES string of the molecule is CCC1(NC(=O)c2n[nH]c(C(C)C)c2S(N)(=O)=O)CCC1. The van der Waals surface area contributed by atoms with Crippen LogP contribution in [0, 0.1) is 0 Å². The maximum atomic E-state index is 12.4. The standard InChI is InChI=1S/C13H22N4O3S/c1-4-13(6-5-7-13)15-12(18)10-11(21(14,19)20)9(8(2)3)16-17-10/h8H,4-7H2,1-3H3,(H,15,18)(H,16,17)(H2,14,19,20). The van der Waals surface area contributed by atoms with Crippen LogP contribution in [-0.2, 0) is 10.0 Å². The monoisotopic (exact) mass is 314 g/mol. The van der Waals surface area contributed by atoms with E-state index in [0.717, 1.165) is 25.7 Å². The number of primary sulfonamides is 1. The second-order valence-electron chi connectivity index (χ2n) is 5.96. The van der Waals surface area contributed by atoms with E-state index >= 15 is 0 Å². The van der Waals surface area contributed by atoms with Gasteiger partial charge in [-0.2, -0.15) is 5.10 Å². The van der Waals surface area contributed by atoms with E-state index in [4.69, 9.17) is 5.14 Å². The Bertz CT molecular complexity index is 639. The molecule has 0 spiro atoms. The average Bonchev–Trinajstić information content (AvgIpc) is 2.78. The fraction of sp³-hybridized carbons (Fsp3) is 0.692. The molecule has 1 aromatic rings. The van der Waals surface area contributed by atoms with Crippen molar-refractivity contribution in [2.75, 3.05) is 0 Å². The second kappa shape index (κ2) is 5.42. The van der Waals surface area contributed by atoms with Crippen molar-refractivity contribution in [2.45, 2.75) is 62.8 Å². The molecule has 0 aromatic carbocycles. The van der Waals surface area contributed by atoms with E-state index in [0.29, 0.717) is 5.69 Å². The van der Waals surface area contributed by atoms with E-state index in [1.807, 2.05) is 20.8 Å². The molecular formula is C13H22N4O3S. The van der Waals surface area contributed by atoms with Gasteiger partial charge < -0.3 is 5.32 Å². The Labute approximate surface area is 124 Å². The van der Waals surface area contributed by atoms with Gasteiger partial charge in [-0.25, -0.2) is 13.6 Å². The first-order valence-electron chi connectivity index (χ1n) is 7.14. The number of sulfonamides is 1. The van der Waals surface area contributed by atoms with Crippen molar-refractivity contribution in [2.24, 2.45) is 5.14 Å². The van der Waals surface area contributed by atoms with Gasteiger partial charge in [-0.1, -0.05) is 20.8 Å². The Hall–Kier alpha value is -1.41. The zero-order chi connectivity index (χ0) is 15.8. The first-order valence-corrected chi connectivity index (χ1v) is 8.68. The van der Waals surface area contributed by atoms with Gasteiger partial charge in [0.25, 0.3) is 5.91 Å². The van der Waals surface area contributed by atoms with Crippen LogP contribution in [0.15, 0.2) is 4.90 Å². The van der Waals surface area contributed by atoms with Crippen molar-refractivity contribution in [1.29, 1.82) is 0 Å². The molecule has 0 saturated heterocycles. The molecule has 21 heavy (non-hydrogen) atoms. The Morgan fingerprint density at radius 3 is 2.48 bits per heavy atom. The molecule has 1 saturated carbocycles. The highest BCUT2D eigenvalue weighted by Crippen LogP contribution is 2.35. The number of carbonyl (C=O) groups excluding carboxylic acids is 1. The summed E-state index contributed by atoms with van der Waals surface area (Å²) in [7, 11) is -4.02. The molecule has 4 N–H and O–H groups in total. The third kappa shape index (κ3) is 2.96. The van der Waals surface area contributed by atoms with Crippen LogP contribution in [0.5, 0.6) is 0 Å². The topological polar surface area (TPSA) is 118 Å². The van der Waals surface area contributed by atoms with Crippen LogP contribution in [0.25, 0.3) is 0 Å². The van der Waals surface area contributed by atoms with Crippen LogP contribution in [0.4, 0.5) is 0 Å². The first kappa shape index (κ1) is 16.0. The summed E-state index contributed by atoms with van der Waals surface area (Å²) in [5.41, 5.74) is -0.00773. The van der Waals surface area contributed by atoms with Crippen LogP contribution >= 0.6 is 0 Å². The molecule has 0 atom stereocenters. The number of hydrogen-bond donors (Lipinski definition) is 3. The highest BCUT2D eigenvalue weighted by atomic mass is 32.2. The van der Waals surface area contributed by atoms with Crippen molar-refractivity contribution in [3.05, 3.63) is 11.4 Å². The lowest BCUT2D eigenvalue weighted by molar-refractivity contribution is 0.0811. The minimum atomic E-state index is -4.02. The molecule has 0 unspecified atom stereocenters. The molecule has 7 nitrogen and oxygen atoms in total. The lowest BCUT2D eigenvalue weighted by Crippen LogP contribution is -2.53. The molecule has 118 valence electrons. The first-order chi connectivity index (χ1) is 9.70. The zero-order valence-corrected chi connectivity index (χ0v) is 13.4. The van der Waals surface area contributed by atoms with Gasteiger partial charge in [0.15, 0.2) is 5.69 Å². The fourth-order valence-electron chi connectivity index (χ4n) is 2.65. The van der Waals surface area contributed by atoms with Gasteiger partial charge in [-0.05, 0) is 31.6 Å². The number of amides is 1. The van der Waals surface area contributed by atoms with Crippen molar-refractivity contribution < 1.29 is 13.2 Å². The summed E-state index contributed by atoms with van der Waals surface area (Å²) in [5, 5.41) is 14.7. The number of nitrogens with zero attached hydrogens (tertiary/aromatic N) is 1. The van der Waals surface area contributed by atoms with Gasteiger partial charge in [-0.15, -0.1) is 0 Å². The molecular weight excluding hydrogens is 292 g/mol. The van der Waals surface area contributed by atoms with Crippen LogP contribution in [0.3, 0.4) is 0 Å². The van der Waals surface area contributed by atoms with Gasteiger partial charge in [0, 0.05) is 5.54 Å². The normalized spacial score (nSPS) is 17.6. The van der Waals surface area contributed by atoms with Crippen LogP contribution in [-0.4, -0.2) is 30.1 Å². The Morgan fingerprint density at radius 1 is 1.48 bits per heavy atom. The van der Waals surface area contributed by atoms with Crippen molar-refractivity contribution in [3.8, 4) is 0 Å². The number of carbonyl (C=O) groups is 1. The molecule has 1 amide bonds. The average molecular weight is 314 g/mol. The van der Waals surface area contributed by atoms with E-state index in [1.54, 1.807) is 0 Å². The third-order valence-corrected chi connectivity index (χ3v) is 5.17. The van der Waals surface area contributed by atoms with E-state index in [-0.39, 0.29) is 22.0 Å². The summed E-state index contributed by atoms with van der Waals surface area (Å²) < 4.78 is 23.6. The number of nitrogens with one attached hydrogen (secondary N) is 2. The highest BCUT2D eigenvalue weighted by molar-refractivity contribution is 7.89. The molecule has 0 radical (unpaired) electrons. The number of nitrogens with two attached hydrogens (primary N) is 1. The van der Waals surface area contributed by atoms with E-state index in [9.17, 15) is 13.2 Å². The zero-order valence-electron chi connectivity index (χ0n) is 12.6. The lowest BCUT2D eigenvalue weighted by atomic mass is 9.75. The van der Waals surface area contributed by atoms with Crippen molar-refractivity contribution in [1.82, 2.24) is 15.5 Å². The Balaban J connectivity index is 2.38. The molecule has 8 heteroatoms. The number of rotatable bonds is 5. The summed E-state index contributed by atoms with van der Waals surface area (Å²) in [6.07, 6.45) is 3.68. The molecule has 1 aromatic heterocycles. The molecule has 2 rings (SSSR count). The summed E-state index contributed by atoms with van der Waals surface area (Å²) in [5.74, 6) is -0.611. The third-order valence-electron chi connectivity index (χ3n) is 4.19.